The van der Waals surface area contributed by atoms with Gasteiger partial charge in [0.05, 0.1) is 10.4 Å². The Morgan fingerprint density at radius 3 is 2.48 bits per heavy atom. The Kier molecular flexibility index (Phi) is 2.99. The topological polar surface area (TPSA) is 91.9 Å². The van der Waals surface area contributed by atoms with Crippen molar-refractivity contribution in [3.63, 3.8) is 0 Å². The van der Waals surface area contributed by atoms with E-state index in [1.54, 1.807) is 12.1 Å². The van der Waals surface area contributed by atoms with Crippen LogP contribution in [0.2, 0.25) is 0 Å². The highest BCUT2D eigenvalue weighted by atomic mass is 32.1. The predicted octanol–water partition coefficient (Wildman–Crippen LogP) is 2.77. The van der Waals surface area contributed by atoms with E-state index in [2.05, 4.69) is 4.98 Å². The highest BCUT2D eigenvalue weighted by Crippen LogP contribution is 2.30. The van der Waals surface area contributed by atoms with E-state index < -0.39 is 11.9 Å². The summed E-state index contributed by atoms with van der Waals surface area (Å²) in [5.74, 6) is -1.99. The summed E-state index contributed by atoms with van der Waals surface area (Å²) in [5, 5.41) is 18.6. The maximum absolute atomic E-state index is 11.4. The molecule has 0 fully saturated rings. The van der Waals surface area contributed by atoms with Crippen molar-refractivity contribution in [2.75, 3.05) is 0 Å². The van der Waals surface area contributed by atoms with Crippen LogP contribution >= 0.6 is 11.3 Å². The molecular formula is C14H10N2O4S. The van der Waals surface area contributed by atoms with Crippen molar-refractivity contribution < 1.29 is 19.8 Å². The van der Waals surface area contributed by atoms with Crippen molar-refractivity contribution in [3.05, 3.63) is 46.6 Å². The van der Waals surface area contributed by atoms with Crippen LogP contribution in [-0.4, -0.2) is 31.5 Å². The Bertz CT molecular complexity index is 878. The summed E-state index contributed by atoms with van der Waals surface area (Å²) in [5.41, 5.74) is 0.0937. The molecular weight excluding hydrogens is 292 g/mol. The summed E-state index contributed by atoms with van der Waals surface area (Å²) >= 11 is 1.43. The molecule has 6 nitrogen and oxygen atoms in total. The average molecular weight is 302 g/mol. The number of imidazole rings is 1. The zero-order chi connectivity index (χ0) is 15.1. The molecule has 0 atom stereocenters. The van der Waals surface area contributed by atoms with Gasteiger partial charge in [0.15, 0.2) is 11.5 Å². The Morgan fingerprint density at radius 1 is 1.14 bits per heavy atom. The molecule has 21 heavy (non-hydrogen) atoms. The lowest BCUT2D eigenvalue weighted by Crippen LogP contribution is -2.06. The monoisotopic (exact) mass is 302 g/mol. The normalized spacial score (nSPS) is 10.9. The van der Waals surface area contributed by atoms with Crippen molar-refractivity contribution in [2.45, 2.75) is 6.92 Å². The van der Waals surface area contributed by atoms with Crippen molar-refractivity contribution in [1.82, 2.24) is 9.38 Å². The second-order valence-electron chi connectivity index (χ2n) is 4.44. The molecule has 0 aliphatic rings. The summed E-state index contributed by atoms with van der Waals surface area (Å²) in [6, 6.07) is 8.17. The predicted molar refractivity (Wildman–Crippen MR) is 77.2 cm³/mol. The Morgan fingerprint density at radius 2 is 1.90 bits per heavy atom. The highest BCUT2D eigenvalue weighted by molar-refractivity contribution is 7.15. The van der Waals surface area contributed by atoms with E-state index in [0.29, 0.717) is 5.82 Å². The van der Waals surface area contributed by atoms with Crippen LogP contribution in [-0.2, 0) is 0 Å². The molecule has 0 unspecified atom stereocenters. The second kappa shape index (κ2) is 4.71. The summed E-state index contributed by atoms with van der Waals surface area (Å²) < 4.78 is 1.37. The number of fused-ring (bicyclic) bond motifs is 1. The van der Waals surface area contributed by atoms with Gasteiger partial charge in [-0.25, -0.2) is 14.6 Å². The van der Waals surface area contributed by atoms with Gasteiger partial charge in [0.1, 0.15) is 5.69 Å². The molecule has 0 bridgehead atoms. The number of hydrogen-bond acceptors (Lipinski definition) is 4. The fourth-order valence-electron chi connectivity index (χ4n) is 2.18. The minimum absolute atomic E-state index is 0.0199. The SMILES string of the molecule is Cc1ccc(-c2nc(C(=O)O)c3cccc(C(=O)O)n23)s1. The number of aromatic nitrogens is 2. The van der Waals surface area contributed by atoms with Crippen molar-refractivity contribution in [1.29, 1.82) is 0 Å². The summed E-state index contributed by atoms with van der Waals surface area (Å²) in [6.07, 6.45) is 0. The molecule has 0 aliphatic carbocycles. The molecule has 106 valence electrons. The zero-order valence-corrected chi connectivity index (χ0v) is 11.7. The van der Waals surface area contributed by atoms with Crippen molar-refractivity contribution in [3.8, 4) is 10.7 Å². The standard InChI is InChI=1S/C14H10N2O4S/c1-7-5-6-10(21-7)12-15-11(14(19)20)8-3-2-4-9(13(17)18)16(8)12/h2-6H,1H3,(H,17,18)(H,19,20). The highest BCUT2D eigenvalue weighted by Gasteiger charge is 2.22. The average Bonchev–Trinajstić information content (AvgIpc) is 3.01. The molecule has 2 N–H and O–H groups in total. The van der Waals surface area contributed by atoms with E-state index in [1.165, 1.54) is 27.9 Å². The Labute approximate surface area is 122 Å². The number of carbonyl (C=O) groups is 2. The van der Waals surface area contributed by atoms with Crippen LogP contribution in [0.15, 0.2) is 30.3 Å². The van der Waals surface area contributed by atoms with Crippen LogP contribution < -0.4 is 0 Å². The van der Waals surface area contributed by atoms with Gasteiger partial charge in [-0.2, -0.15) is 0 Å². The fraction of sp³-hybridized carbons (Fsp3) is 0.0714. The van der Waals surface area contributed by atoms with Gasteiger partial charge in [-0.15, -0.1) is 11.3 Å². The van der Waals surface area contributed by atoms with Crippen LogP contribution in [0.4, 0.5) is 0 Å². The van der Waals surface area contributed by atoms with E-state index in [0.717, 1.165) is 9.75 Å². The van der Waals surface area contributed by atoms with Crippen LogP contribution in [0.25, 0.3) is 16.2 Å². The maximum atomic E-state index is 11.4. The van der Waals surface area contributed by atoms with Gasteiger partial charge < -0.3 is 10.2 Å². The molecule has 0 radical (unpaired) electrons. The van der Waals surface area contributed by atoms with E-state index in [-0.39, 0.29) is 16.9 Å². The van der Waals surface area contributed by atoms with E-state index in [9.17, 15) is 19.8 Å². The number of pyridine rings is 1. The summed E-state index contributed by atoms with van der Waals surface area (Å²) in [4.78, 5) is 28.6. The number of rotatable bonds is 3. The number of aromatic carboxylic acids is 2. The molecule has 7 heteroatoms. The molecule has 3 aromatic rings. The molecule has 3 heterocycles. The first-order valence-corrected chi connectivity index (χ1v) is 6.85. The molecule has 0 aliphatic heterocycles. The largest absolute Gasteiger partial charge is 0.477 e. The number of thiophene rings is 1. The maximum Gasteiger partial charge on any atom is 0.356 e. The third kappa shape index (κ3) is 2.07. The van der Waals surface area contributed by atoms with E-state index in [4.69, 9.17) is 0 Å². The lowest BCUT2D eigenvalue weighted by atomic mass is 10.3. The smallest absolute Gasteiger partial charge is 0.356 e. The minimum Gasteiger partial charge on any atom is -0.477 e. The molecule has 0 spiro atoms. The lowest BCUT2D eigenvalue weighted by Gasteiger charge is -2.03. The third-order valence-corrected chi connectivity index (χ3v) is 4.04. The van der Waals surface area contributed by atoms with Gasteiger partial charge in [-0.3, -0.25) is 4.40 Å². The van der Waals surface area contributed by atoms with Crippen LogP contribution in [0.1, 0.15) is 25.9 Å². The van der Waals surface area contributed by atoms with Gasteiger partial charge in [-0.1, -0.05) is 6.07 Å². The van der Waals surface area contributed by atoms with Gasteiger partial charge in [0.25, 0.3) is 0 Å². The number of carboxylic acid groups (broad SMARTS) is 2. The first-order chi connectivity index (χ1) is 9.99. The lowest BCUT2D eigenvalue weighted by molar-refractivity contribution is 0.0678. The van der Waals surface area contributed by atoms with E-state index >= 15 is 0 Å². The minimum atomic E-state index is -1.19. The van der Waals surface area contributed by atoms with Gasteiger partial charge in [0.2, 0.25) is 0 Å². The first kappa shape index (κ1) is 13.3. The van der Waals surface area contributed by atoms with E-state index in [1.807, 2.05) is 13.0 Å². The second-order valence-corrected chi connectivity index (χ2v) is 5.72. The van der Waals surface area contributed by atoms with Crippen LogP contribution in [0, 0.1) is 6.92 Å². The Balaban J connectivity index is 2.43. The number of carboxylic acids is 2. The molecule has 0 saturated heterocycles. The summed E-state index contributed by atoms with van der Waals surface area (Å²) in [7, 11) is 0. The van der Waals surface area contributed by atoms with Gasteiger partial charge in [0, 0.05) is 4.88 Å². The van der Waals surface area contributed by atoms with Crippen molar-refractivity contribution in [2.24, 2.45) is 0 Å². The molecule has 0 aromatic carbocycles. The summed E-state index contributed by atoms with van der Waals surface area (Å²) in [6.45, 7) is 1.92. The van der Waals surface area contributed by atoms with Crippen molar-refractivity contribution >= 4 is 28.8 Å². The third-order valence-electron chi connectivity index (χ3n) is 3.04. The van der Waals surface area contributed by atoms with Crippen LogP contribution in [0.5, 0.6) is 0 Å². The van der Waals surface area contributed by atoms with Crippen LogP contribution in [0.3, 0.4) is 0 Å². The number of aryl methyl sites for hydroxylation is 1. The zero-order valence-electron chi connectivity index (χ0n) is 10.9. The van der Waals surface area contributed by atoms with Gasteiger partial charge >= 0.3 is 11.9 Å². The number of hydrogen-bond donors (Lipinski definition) is 2. The first-order valence-electron chi connectivity index (χ1n) is 6.04. The molecule has 3 aromatic heterocycles. The fourth-order valence-corrected chi connectivity index (χ4v) is 3.03. The number of nitrogens with zero attached hydrogens (tertiary/aromatic N) is 2. The quantitative estimate of drug-likeness (QED) is 0.776. The molecule has 3 rings (SSSR count). The molecule has 0 saturated carbocycles. The molecule has 0 amide bonds. The van der Waals surface area contributed by atoms with Gasteiger partial charge in [-0.05, 0) is 31.2 Å². The Hall–Kier alpha value is -2.67.